The van der Waals surface area contributed by atoms with Gasteiger partial charge >= 0.3 is 0 Å². The standard InChI is InChI=1S/C16H21N3O4S/c1-23-10-11-24(21,22)19-8-6-13(7-9-19)16(20)18-15-5-3-2-4-14(15)12-17/h2-5,13H,6-11H2,1H3,(H,18,20). The van der Waals surface area contributed by atoms with Gasteiger partial charge in [0, 0.05) is 26.1 Å². The van der Waals surface area contributed by atoms with Crippen LogP contribution in [0.2, 0.25) is 0 Å². The van der Waals surface area contributed by atoms with Crippen LogP contribution in [0.3, 0.4) is 0 Å². The second kappa shape index (κ2) is 8.24. The van der Waals surface area contributed by atoms with Gasteiger partial charge in [-0.3, -0.25) is 4.79 Å². The Labute approximate surface area is 142 Å². The first-order valence-electron chi connectivity index (χ1n) is 7.74. The van der Waals surface area contributed by atoms with Crippen molar-refractivity contribution in [2.75, 3.05) is 37.9 Å². The third kappa shape index (κ3) is 4.54. The summed E-state index contributed by atoms with van der Waals surface area (Å²) in [5.41, 5.74) is 0.894. The van der Waals surface area contributed by atoms with Crippen molar-refractivity contribution in [3.63, 3.8) is 0 Å². The number of nitriles is 1. The zero-order valence-corrected chi connectivity index (χ0v) is 14.4. The number of sulfonamides is 1. The van der Waals surface area contributed by atoms with Crippen molar-refractivity contribution in [3.05, 3.63) is 29.8 Å². The van der Waals surface area contributed by atoms with E-state index in [1.807, 2.05) is 6.07 Å². The van der Waals surface area contributed by atoms with Crippen LogP contribution in [0.5, 0.6) is 0 Å². The monoisotopic (exact) mass is 351 g/mol. The lowest BCUT2D eigenvalue weighted by Gasteiger charge is -2.30. The SMILES string of the molecule is COCCS(=O)(=O)N1CCC(C(=O)Nc2ccccc2C#N)CC1. The van der Waals surface area contributed by atoms with Crippen LogP contribution >= 0.6 is 0 Å². The van der Waals surface area contributed by atoms with Gasteiger partial charge in [-0.2, -0.15) is 5.26 Å². The maximum absolute atomic E-state index is 12.4. The van der Waals surface area contributed by atoms with Crippen LogP contribution in [0, 0.1) is 17.2 Å². The van der Waals surface area contributed by atoms with E-state index in [-0.39, 0.29) is 24.2 Å². The van der Waals surface area contributed by atoms with Crippen molar-refractivity contribution in [1.29, 1.82) is 5.26 Å². The van der Waals surface area contributed by atoms with Gasteiger partial charge in [-0.25, -0.2) is 12.7 Å². The molecule has 0 unspecified atom stereocenters. The molecule has 8 heteroatoms. The lowest BCUT2D eigenvalue weighted by Crippen LogP contribution is -2.42. The number of carbonyl (C=O) groups excluding carboxylic acids is 1. The number of ether oxygens (including phenoxy) is 1. The molecule has 1 aliphatic rings. The summed E-state index contributed by atoms with van der Waals surface area (Å²) in [5.74, 6) is -0.479. The average molecular weight is 351 g/mol. The summed E-state index contributed by atoms with van der Waals surface area (Å²) in [4.78, 5) is 12.4. The summed E-state index contributed by atoms with van der Waals surface area (Å²) in [6.45, 7) is 0.807. The van der Waals surface area contributed by atoms with Gasteiger partial charge in [-0.15, -0.1) is 0 Å². The fraction of sp³-hybridized carbons (Fsp3) is 0.500. The summed E-state index contributed by atoms with van der Waals surface area (Å²) in [6, 6.07) is 8.84. The number of nitrogens with zero attached hydrogens (tertiary/aromatic N) is 2. The molecule has 1 heterocycles. The van der Waals surface area contributed by atoms with Gasteiger partial charge in [0.25, 0.3) is 0 Å². The summed E-state index contributed by atoms with van der Waals surface area (Å²) in [6.07, 6.45) is 0.930. The van der Waals surface area contributed by atoms with Crippen molar-refractivity contribution < 1.29 is 17.9 Å². The molecular formula is C16H21N3O4S. The number of rotatable bonds is 6. The van der Waals surface area contributed by atoms with Gasteiger partial charge < -0.3 is 10.1 Å². The molecule has 0 atom stereocenters. The van der Waals surface area contributed by atoms with Crippen LogP contribution in [0.4, 0.5) is 5.69 Å². The third-order valence-electron chi connectivity index (χ3n) is 4.07. The second-order valence-corrected chi connectivity index (χ2v) is 7.72. The second-order valence-electron chi connectivity index (χ2n) is 5.63. The molecule has 1 saturated heterocycles. The molecule has 1 N–H and O–H groups in total. The quantitative estimate of drug-likeness (QED) is 0.830. The Morgan fingerprint density at radius 2 is 2.04 bits per heavy atom. The van der Waals surface area contributed by atoms with Gasteiger partial charge in [-0.05, 0) is 25.0 Å². The van der Waals surface area contributed by atoms with Crippen molar-refractivity contribution >= 4 is 21.6 Å². The third-order valence-corrected chi connectivity index (χ3v) is 5.90. The molecule has 0 radical (unpaired) electrons. The molecule has 0 bridgehead atoms. The zero-order chi connectivity index (χ0) is 17.6. The number of nitrogens with one attached hydrogen (secondary N) is 1. The van der Waals surface area contributed by atoms with Gasteiger partial charge in [-0.1, -0.05) is 12.1 Å². The highest BCUT2D eigenvalue weighted by Crippen LogP contribution is 2.22. The van der Waals surface area contributed by atoms with Crippen LogP contribution in [0.1, 0.15) is 18.4 Å². The lowest BCUT2D eigenvalue weighted by atomic mass is 9.97. The molecule has 130 valence electrons. The number of carbonyl (C=O) groups is 1. The predicted molar refractivity (Wildman–Crippen MR) is 89.7 cm³/mol. The maximum Gasteiger partial charge on any atom is 0.227 e. The van der Waals surface area contributed by atoms with Crippen LogP contribution in [0.15, 0.2) is 24.3 Å². The molecule has 24 heavy (non-hydrogen) atoms. The smallest absolute Gasteiger partial charge is 0.227 e. The summed E-state index contributed by atoms with van der Waals surface area (Å²) in [7, 11) is -1.87. The lowest BCUT2D eigenvalue weighted by molar-refractivity contribution is -0.120. The van der Waals surface area contributed by atoms with Gasteiger partial charge in [0.2, 0.25) is 15.9 Å². The summed E-state index contributed by atoms with van der Waals surface area (Å²) < 4.78 is 30.4. The summed E-state index contributed by atoms with van der Waals surface area (Å²) >= 11 is 0. The largest absolute Gasteiger partial charge is 0.384 e. The van der Waals surface area contributed by atoms with Crippen molar-refractivity contribution in [3.8, 4) is 6.07 Å². The van der Waals surface area contributed by atoms with E-state index in [2.05, 4.69) is 5.32 Å². The number of piperidine rings is 1. The number of para-hydroxylation sites is 1. The van der Waals surface area contributed by atoms with E-state index in [1.54, 1.807) is 24.3 Å². The van der Waals surface area contributed by atoms with Crippen LogP contribution in [-0.2, 0) is 19.6 Å². The average Bonchev–Trinajstić information content (AvgIpc) is 2.60. The van der Waals surface area contributed by atoms with Crippen LogP contribution in [0.25, 0.3) is 0 Å². The van der Waals surface area contributed by atoms with Crippen LogP contribution < -0.4 is 5.32 Å². The predicted octanol–water partition coefficient (Wildman–Crippen LogP) is 1.18. The fourth-order valence-corrected chi connectivity index (χ4v) is 4.04. The van der Waals surface area contributed by atoms with Gasteiger partial charge in [0.1, 0.15) is 6.07 Å². The number of methoxy groups -OCH3 is 1. The normalized spacial score (nSPS) is 16.5. The number of benzene rings is 1. The molecule has 1 aromatic carbocycles. The Balaban J connectivity index is 1.92. The Morgan fingerprint density at radius 1 is 1.38 bits per heavy atom. The van der Waals surface area contributed by atoms with E-state index < -0.39 is 10.0 Å². The number of amides is 1. The molecule has 1 amide bonds. The van der Waals surface area contributed by atoms with E-state index in [9.17, 15) is 13.2 Å². The molecule has 0 aromatic heterocycles. The number of hydrogen-bond donors (Lipinski definition) is 1. The molecule has 2 rings (SSSR count). The van der Waals surface area contributed by atoms with Crippen molar-refractivity contribution in [2.45, 2.75) is 12.8 Å². The first-order valence-corrected chi connectivity index (χ1v) is 9.35. The number of hydrogen-bond acceptors (Lipinski definition) is 5. The molecule has 1 aromatic rings. The minimum Gasteiger partial charge on any atom is -0.384 e. The fourth-order valence-electron chi connectivity index (χ4n) is 2.64. The van der Waals surface area contributed by atoms with E-state index in [0.717, 1.165) is 0 Å². The zero-order valence-electron chi connectivity index (χ0n) is 13.6. The number of anilines is 1. The van der Waals surface area contributed by atoms with Gasteiger partial charge in [0.15, 0.2) is 0 Å². The highest BCUT2D eigenvalue weighted by molar-refractivity contribution is 7.89. The van der Waals surface area contributed by atoms with Crippen molar-refractivity contribution in [2.24, 2.45) is 5.92 Å². The van der Waals surface area contributed by atoms with Crippen LogP contribution in [-0.4, -0.2) is 51.2 Å². The van der Waals surface area contributed by atoms with E-state index in [4.69, 9.17) is 10.00 Å². The van der Waals surface area contributed by atoms with E-state index in [0.29, 0.717) is 37.2 Å². The first kappa shape index (κ1) is 18.4. The molecular weight excluding hydrogens is 330 g/mol. The molecule has 0 aliphatic carbocycles. The molecule has 0 saturated carbocycles. The highest BCUT2D eigenvalue weighted by atomic mass is 32.2. The van der Waals surface area contributed by atoms with E-state index in [1.165, 1.54) is 11.4 Å². The Kier molecular flexibility index (Phi) is 6.31. The first-order chi connectivity index (χ1) is 11.5. The Morgan fingerprint density at radius 3 is 2.67 bits per heavy atom. The maximum atomic E-state index is 12.4. The minimum absolute atomic E-state index is 0.0457. The molecule has 7 nitrogen and oxygen atoms in total. The van der Waals surface area contributed by atoms with Crippen molar-refractivity contribution in [1.82, 2.24) is 4.31 Å². The molecule has 1 fully saturated rings. The molecule has 0 spiro atoms. The topological polar surface area (TPSA) is 99.5 Å². The van der Waals surface area contributed by atoms with Gasteiger partial charge in [0.05, 0.1) is 23.6 Å². The highest BCUT2D eigenvalue weighted by Gasteiger charge is 2.31. The Hall–Kier alpha value is -1.95. The van der Waals surface area contributed by atoms with E-state index >= 15 is 0 Å². The summed E-state index contributed by atoms with van der Waals surface area (Å²) in [5, 5.41) is 11.8. The Bertz CT molecular complexity index is 719. The molecule has 1 aliphatic heterocycles. The minimum atomic E-state index is -3.33.